The summed E-state index contributed by atoms with van der Waals surface area (Å²) in [5.41, 5.74) is 1.45. The van der Waals surface area contributed by atoms with E-state index in [4.69, 9.17) is 0 Å². The maximum atomic E-state index is 12.0. The predicted octanol–water partition coefficient (Wildman–Crippen LogP) is 3.19. The van der Waals surface area contributed by atoms with Gasteiger partial charge in [0.25, 0.3) is 0 Å². The van der Waals surface area contributed by atoms with Crippen LogP contribution in [0.1, 0.15) is 35.8 Å². The molecule has 2 amide bonds. The van der Waals surface area contributed by atoms with Gasteiger partial charge in [-0.15, -0.1) is 0 Å². The number of ether oxygens (including phenoxy) is 2. The molecule has 0 bridgehead atoms. The molecule has 8 nitrogen and oxygen atoms in total. The Balaban J connectivity index is 0.000000191. The molecule has 2 heterocycles. The molecular weight excluding hydrogens is 464 g/mol. The van der Waals surface area contributed by atoms with Crippen LogP contribution in [-0.2, 0) is 9.59 Å². The van der Waals surface area contributed by atoms with Crippen molar-refractivity contribution >= 4 is 11.8 Å². The van der Waals surface area contributed by atoms with Gasteiger partial charge in [0, 0.05) is 37.8 Å². The summed E-state index contributed by atoms with van der Waals surface area (Å²) in [6.07, 6.45) is 0.684. The number of rotatable bonds is 6. The van der Waals surface area contributed by atoms with E-state index in [1.54, 1.807) is 12.1 Å². The molecule has 184 valence electrons. The second kappa shape index (κ2) is 10.9. The molecule has 2 aliphatic heterocycles. The SMILES string of the molecule is O=C1C[C@@H](c2ccc(OC(F)F)c(O)c2)CN1.O=C1C[C@H](c2ccc(OC(F)F)c(O)c2)CN1. The van der Waals surface area contributed by atoms with Crippen LogP contribution in [0.5, 0.6) is 23.0 Å². The van der Waals surface area contributed by atoms with Crippen molar-refractivity contribution < 1.29 is 46.8 Å². The first-order valence-corrected chi connectivity index (χ1v) is 10.2. The van der Waals surface area contributed by atoms with Crippen LogP contribution in [0.3, 0.4) is 0 Å². The first-order chi connectivity index (χ1) is 16.1. The Bertz CT molecular complexity index is 955. The summed E-state index contributed by atoms with van der Waals surface area (Å²) in [6, 6.07) is 8.40. The summed E-state index contributed by atoms with van der Waals surface area (Å²) in [7, 11) is 0. The van der Waals surface area contributed by atoms with Gasteiger partial charge in [-0.1, -0.05) is 12.1 Å². The number of hydrogen-bond acceptors (Lipinski definition) is 6. The fraction of sp³-hybridized carbons (Fsp3) is 0.364. The van der Waals surface area contributed by atoms with Gasteiger partial charge < -0.3 is 30.3 Å². The zero-order valence-electron chi connectivity index (χ0n) is 17.6. The van der Waals surface area contributed by atoms with Crippen LogP contribution >= 0.6 is 0 Å². The van der Waals surface area contributed by atoms with Crippen LogP contribution in [0.4, 0.5) is 17.6 Å². The number of carbonyl (C=O) groups is 2. The van der Waals surface area contributed by atoms with Gasteiger partial charge in [-0.05, 0) is 35.4 Å². The van der Waals surface area contributed by atoms with Crippen molar-refractivity contribution in [3.8, 4) is 23.0 Å². The van der Waals surface area contributed by atoms with Gasteiger partial charge >= 0.3 is 13.2 Å². The minimum atomic E-state index is -2.97. The minimum Gasteiger partial charge on any atom is -0.504 e. The maximum absolute atomic E-state index is 12.0. The number of nitrogens with one attached hydrogen (secondary N) is 2. The van der Waals surface area contributed by atoms with E-state index in [0.29, 0.717) is 25.9 Å². The predicted molar refractivity (Wildman–Crippen MR) is 110 cm³/mol. The Morgan fingerprint density at radius 2 is 1.12 bits per heavy atom. The zero-order chi connectivity index (χ0) is 24.8. The molecule has 0 spiro atoms. The van der Waals surface area contributed by atoms with Gasteiger partial charge in [-0.3, -0.25) is 9.59 Å². The van der Waals surface area contributed by atoms with E-state index in [0.717, 1.165) is 11.1 Å². The van der Waals surface area contributed by atoms with Crippen molar-refractivity contribution in [3.63, 3.8) is 0 Å². The molecule has 12 heteroatoms. The summed E-state index contributed by atoms with van der Waals surface area (Å²) in [4.78, 5) is 22.1. The average molecular weight is 486 g/mol. The van der Waals surface area contributed by atoms with Crippen molar-refractivity contribution in [2.24, 2.45) is 0 Å². The third kappa shape index (κ3) is 6.65. The second-order valence-electron chi connectivity index (χ2n) is 7.62. The van der Waals surface area contributed by atoms with Crippen LogP contribution in [0, 0.1) is 0 Å². The topological polar surface area (TPSA) is 117 Å². The van der Waals surface area contributed by atoms with Crippen LogP contribution in [0.25, 0.3) is 0 Å². The van der Waals surface area contributed by atoms with E-state index in [1.165, 1.54) is 24.3 Å². The van der Waals surface area contributed by atoms with E-state index in [1.807, 2.05) is 0 Å². The number of amides is 2. The lowest BCUT2D eigenvalue weighted by Gasteiger charge is -2.11. The number of benzene rings is 2. The van der Waals surface area contributed by atoms with Gasteiger partial charge in [-0.2, -0.15) is 17.6 Å². The number of phenolic OH excluding ortho intramolecular Hbond substituents is 2. The van der Waals surface area contributed by atoms with E-state index < -0.39 is 13.2 Å². The molecule has 2 aromatic carbocycles. The van der Waals surface area contributed by atoms with Gasteiger partial charge in [0.2, 0.25) is 11.8 Å². The summed E-state index contributed by atoms with van der Waals surface area (Å²) >= 11 is 0. The van der Waals surface area contributed by atoms with E-state index in [9.17, 15) is 37.4 Å². The summed E-state index contributed by atoms with van der Waals surface area (Å²) in [5.74, 6) is -1.39. The number of halogens is 4. The van der Waals surface area contributed by atoms with E-state index >= 15 is 0 Å². The lowest BCUT2D eigenvalue weighted by Crippen LogP contribution is -2.13. The number of hydrogen-bond donors (Lipinski definition) is 4. The van der Waals surface area contributed by atoms with Crippen LogP contribution < -0.4 is 20.1 Å². The third-order valence-electron chi connectivity index (χ3n) is 5.30. The van der Waals surface area contributed by atoms with Crippen molar-refractivity contribution in [1.29, 1.82) is 0 Å². The molecular formula is C22H22F4N2O6. The highest BCUT2D eigenvalue weighted by Crippen LogP contribution is 2.34. The highest BCUT2D eigenvalue weighted by Gasteiger charge is 2.25. The quantitative estimate of drug-likeness (QED) is 0.466. The molecule has 4 rings (SSSR count). The Labute approximate surface area is 191 Å². The number of aromatic hydroxyl groups is 2. The molecule has 2 saturated heterocycles. The summed E-state index contributed by atoms with van der Waals surface area (Å²) in [5, 5.41) is 24.3. The van der Waals surface area contributed by atoms with Gasteiger partial charge in [-0.25, -0.2) is 0 Å². The number of alkyl halides is 4. The van der Waals surface area contributed by atoms with E-state index in [2.05, 4.69) is 20.1 Å². The van der Waals surface area contributed by atoms with Crippen LogP contribution in [-0.4, -0.2) is 48.3 Å². The molecule has 0 unspecified atom stereocenters. The monoisotopic (exact) mass is 486 g/mol. The van der Waals surface area contributed by atoms with Crippen LogP contribution in [0.15, 0.2) is 36.4 Å². The Morgan fingerprint density at radius 3 is 1.38 bits per heavy atom. The van der Waals surface area contributed by atoms with Crippen molar-refractivity contribution in [2.45, 2.75) is 37.9 Å². The first-order valence-electron chi connectivity index (χ1n) is 10.2. The maximum Gasteiger partial charge on any atom is 0.387 e. The number of phenols is 2. The standard InChI is InChI=1S/2C11H11F2NO3/c2*12-11(13)17-9-2-1-6(3-8(9)15)7-4-10(16)14-5-7/h2*1-3,7,11,15H,4-5H2,(H,14,16)/t2*7-/m10/s1. The average Bonchev–Trinajstić information content (AvgIpc) is 3.39. The lowest BCUT2D eigenvalue weighted by atomic mass is 9.98. The summed E-state index contributed by atoms with van der Waals surface area (Å²) in [6.45, 7) is -4.95. The molecule has 0 aromatic heterocycles. The smallest absolute Gasteiger partial charge is 0.387 e. The second-order valence-corrected chi connectivity index (χ2v) is 7.62. The van der Waals surface area contributed by atoms with E-state index in [-0.39, 0.29) is 46.6 Å². The van der Waals surface area contributed by atoms with Crippen molar-refractivity contribution in [2.75, 3.05) is 13.1 Å². The Morgan fingerprint density at radius 1 is 0.735 bits per heavy atom. The molecule has 0 radical (unpaired) electrons. The first kappa shape index (κ1) is 24.9. The van der Waals surface area contributed by atoms with Crippen LogP contribution in [0.2, 0.25) is 0 Å². The Kier molecular flexibility index (Phi) is 8.03. The van der Waals surface area contributed by atoms with Gasteiger partial charge in [0.1, 0.15) is 0 Å². The van der Waals surface area contributed by atoms with Crippen molar-refractivity contribution in [3.05, 3.63) is 47.5 Å². The van der Waals surface area contributed by atoms with Crippen molar-refractivity contribution in [1.82, 2.24) is 10.6 Å². The highest BCUT2D eigenvalue weighted by molar-refractivity contribution is 5.80. The molecule has 2 atom stereocenters. The van der Waals surface area contributed by atoms with Gasteiger partial charge in [0.15, 0.2) is 23.0 Å². The summed E-state index contributed by atoms with van der Waals surface area (Å²) < 4.78 is 56.1. The molecule has 2 fully saturated rings. The van der Waals surface area contributed by atoms with Gasteiger partial charge in [0.05, 0.1) is 0 Å². The third-order valence-corrected chi connectivity index (χ3v) is 5.30. The molecule has 2 aromatic rings. The fourth-order valence-electron chi connectivity index (χ4n) is 3.65. The zero-order valence-corrected chi connectivity index (χ0v) is 17.6. The molecule has 0 aliphatic carbocycles. The molecule has 4 N–H and O–H groups in total. The molecule has 34 heavy (non-hydrogen) atoms. The normalized spacial score (nSPS) is 19.5. The fourth-order valence-corrected chi connectivity index (χ4v) is 3.65. The largest absolute Gasteiger partial charge is 0.504 e. The molecule has 2 aliphatic rings. The number of carbonyl (C=O) groups excluding carboxylic acids is 2. The molecule has 0 saturated carbocycles. The Hall–Kier alpha value is -3.70. The highest BCUT2D eigenvalue weighted by atomic mass is 19.3. The lowest BCUT2D eigenvalue weighted by molar-refractivity contribution is -0.120. The minimum absolute atomic E-state index is 0.0333.